The van der Waals surface area contributed by atoms with E-state index in [1.165, 1.54) is 0 Å². The number of para-hydroxylation sites is 1. The van der Waals surface area contributed by atoms with Crippen LogP contribution in [0.4, 0.5) is 0 Å². The van der Waals surface area contributed by atoms with E-state index in [0.717, 1.165) is 16.5 Å². The summed E-state index contributed by atoms with van der Waals surface area (Å²) in [6.45, 7) is 0. The summed E-state index contributed by atoms with van der Waals surface area (Å²) in [7, 11) is 0. The molecule has 0 atom stereocenters. The molecule has 0 bridgehead atoms. The smallest absolute Gasteiger partial charge is 0.187 e. The topological polar surface area (TPSA) is 42.9 Å². The minimum atomic E-state index is -0.0636. The van der Waals surface area contributed by atoms with Crippen molar-refractivity contribution in [2.75, 3.05) is 0 Å². The zero-order valence-corrected chi connectivity index (χ0v) is 10.7. The van der Waals surface area contributed by atoms with E-state index >= 15 is 0 Å². The molecule has 0 saturated carbocycles. The van der Waals surface area contributed by atoms with Crippen molar-refractivity contribution in [1.82, 2.24) is 9.97 Å². The molecule has 0 unspecified atom stereocenters. The van der Waals surface area contributed by atoms with Crippen LogP contribution < -0.4 is 0 Å². The molecule has 2 heterocycles. The Kier molecular flexibility index (Phi) is 3.33. The van der Waals surface area contributed by atoms with Crippen LogP contribution in [0, 0.1) is 0 Å². The quantitative estimate of drug-likeness (QED) is 0.534. The summed E-state index contributed by atoms with van der Waals surface area (Å²) in [5, 5.41) is 1.06. The van der Waals surface area contributed by atoms with Crippen molar-refractivity contribution in [3.63, 3.8) is 0 Å². The molecule has 3 rings (SSSR count). The second-order valence-electron chi connectivity index (χ2n) is 4.40. The molecule has 0 aliphatic carbocycles. The van der Waals surface area contributed by atoms with E-state index in [4.69, 9.17) is 0 Å². The van der Waals surface area contributed by atoms with Gasteiger partial charge >= 0.3 is 0 Å². The molecular weight excluding hydrogens is 248 g/mol. The number of fused-ring (bicyclic) bond motifs is 1. The number of hydrogen-bond acceptors (Lipinski definition) is 3. The summed E-state index contributed by atoms with van der Waals surface area (Å²) in [4.78, 5) is 20.2. The van der Waals surface area contributed by atoms with Crippen LogP contribution in [0.15, 0.2) is 67.1 Å². The van der Waals surface area contributed by atoms with Crippen LogP contribution in [0.5, 0.6) is 0 Å². The largest absolute Gasteiger partial charge is 0.289 e. The predicted molar refractivity (Wildman–Crippen MR) is 79.3 cm³/mol. The number of benzene rings is 1. The zero-order valence-electron chi connectivity index (χ0n) is 10.7. The third kappa shape index (κ3) is 2.62. The van der Waals surface area contributed by atoms with Gasteiger partial charge in [-0.25, -0.2) is 0 Å². The Bertz CT molecular complexity index is 779. The average Bonchev–Trinajstić information content (AvgIpc) is 2.53. The molecule has 0 fully saturated rings. The minimum Gasteiger partial charge on any atom is -0.289 e. The first-order chi connectivity index (χ1) is 9.83. The van der Waals surface area contributed by atoms with Crippen molar-refractivity contribution >= 4 is 22.8 Å². The lowest BCUT2D eigenvalue weighted by atomic mass is 10.1. The lowest BCUT2D eigenvalue weighted by Gasteiger charge is -1.98. The third-order valence-electron chi connectivity index (χ3n) is 2.98. The fourth-order valence-electron chi connectivity index (χ4n) is 1.96. The van der Waals surface area contributed by atoms with E-state index in [1.54, 1.807) is 42.9 Å². The van der Waals surface area contributed by atoms with Crippen molar-refractivity contribution < 1.29 is 4.79 Å². The monoisotopic (exact) mass is 260 g/mol. The van der Waals surface area contributed by atoms with Gasteiger partial charge < -0.3 is 0 Å². The van der Waals surface area contributed by atoms with Gasteiger partial charge in [-0.2, -0.15) is 0 Å². The first kappa shape index (κ1) is 12.2. The minimum absolute atomic E-state index is 0.0636. The first-order valence-electron chi connectivity index (χ1n) is 6.30. The molecule has 0 saturated heterocycles. The van der Waals surface area contributed by atoms with Gasteiger partial charge in [-0.1, -0.05) is 18.2 Å². The Balaban J connectivity index is 1.85. The van der Waals surface area contributed by atoms with Gasteiger partial charge in [0.2, 0.25) is 0 Å². The molecule has 0 radical (unpaired) electrons. The van der Waals surface area contributed by atoms with Crippen molar-refractivity contribution in [2.24, 2.45) is 0 Å². The predicted octanol–water partition coefficient (Wildman–Crippen LogP) is 3.53. The molecule has 0 aliphatic rings. The van der Waals surface area contributed by atoms with Gasteiger partial charge in [-0.3, -0.25) is 14.8 Å². The van der Waals surface area contributed by atoms with Crippen molar-refractivity contribution in [3.05, 3.63) is 78.3 Å². The zero-order chi connectivity index (χ0) is 13.8. The lowest BCUT2D eigenvalue weighted by Crippen LogP contribution is -1.94. The second kappa shape index (κ2) is 5.45. The van der Waals surface area contributed by atoms with Crippen molar-refractivity contribution in [2.45, 2.75) is 0 Å². The fourth-order valence-corrected chi connectivity index (χ4v) is 1.96. The van der Waals surface area contributed by atoms with Crippen LogP contribution in [-0.4, -0.2) is 15.8 Å². The SMILES string of the molecule is O=C(C=Cc1cnc2ccccc2c1)c1cccnc1. The van der Waals surface area contributed by atoms with Gasteiger partial charge in [0, 0.05) is 29.5 Å². The average molecular weight is 260 g/mol. The Morgan fingerprint density at radius 1 is 1.05 bits per heavy atom. The van der Waals surface area contributed by atoms with E-state index in [1.807, 2.05) is 30.3 Å². The summed E-state index contributed by atoms with van der Waals surface area (Å²) in [6, 6.07) is 13.4. The third-order valence-corrected chi connectivity index (χ3v) is 2.98. The number of allylic oxidation sites excluding steroid dienone is 1. The number of rotatable bonds is 3. The number of aromatic nitrogens is 2. The highest BCUT2D eigenvalue weighted by Gasteiger charge is 2.00. The molecule has 1 aromatic carbocycles. The summed E-state index contributed by atoms with van der Waals surface area (Å²) < 4.78 is 0. The summed E-state index contributed by atoms with van der Waals surface area (Å²) in [6.07, 6.45) is 8.28. The van der Waals surface area contributed by atoms with Gasteiger partial charge in [0.05, 0.1) is 5.52 Å². The lowest BCUT2D eigenvalue weighted by molar-refractivity contribution is 0.104. The van der Waals surface area contributed by atoms with Crippen LogP contribution in [0.25, 0.3) is 17.0 Å². The van der Waals surface area contributed by atoms with E-state index in [2.05, 4.69) is 9.97 Å². The van der Waals surface area contributed by atoms with E-state index in [-0.39, 0.29) is 5.78 Å². The number of ketones is 1. The number of nitrogens with zero attached hydrogens (tertiary/aromatic N) is 2. The second-order valence-corrected chi connectivity index (χ2v) is 4.40. The summed E-state index contributed by atoms with van der Waals surface area (Å²) in [5.41, 5.74) is 2.43. The Hall–Kier alpha value is -2.81. The fraction of sp³-hybridized carbons (Fsp3) is 0. The van der Waals surface area contributed by atoms with Crippen LogP contribution in [0.2, 0.25) is 0 Å². The molecule has 96 valence electrons. The Morgan fingerprint density at radius 3 is 2.80 bits per heavy atom. The highest BCUT2D eigenvalue weighted by molar-refractivity contribution is 6.06. The number of hydrogen-bond donors (Lipinski definition) is 0. The molecule has 3 aromatic rings. The highest BCUT2D eigenvalue weighted by Crippen LogP contribution is 2.13. The van der Waals surface area contributed by atoms with E-state index in [9.17, 15) is 4.79 Å². The van der Waals surface area contributed by atoms with Crippen LogP contribution in [0.1, 0.15) is 15.9 Å². The maximum atomic E-state index is 11.9. The Labute approximate surface area is 116 Å². The van der Waals surface area contributed by atoms with Gasteiger partial charge in [0.1, 0.15) is 0 Å². The summed E-state index contributed by atoms with van der Waals surface area (Å²) >= 11 is 0. The number of carbonyl (C=O) groups is 1. The normalized spacial score (nSPS) is 11.0. The Morgan fingerprint density at radius 2 is 1.95 bits per heavy atom. The van der Waals surface area contributed by atoms with Gasteiger partial charge in [0.15, 0.2) is 5.78 Å². The molecule has 0 N–H and O–H groups in total. The van der Waals surface area contributed by atoms with Gasteiger partial charge in [-0.15, -0.1) is 0 Å². The molecule has 3 nitrogen and oxygen atoms in total. The number of carbonyl (C=O) groups excluding carboxylic acids is 1. The van der Waals surface area contributed by atoms with E-state index < -0.39 is 0 Å². The maximum Gasteiger partial charge on any atom is 0.187 e. The summed E-state index contributed by atoms with van der Waals surface area (Å²) in [5.74, 6) is -0.0636. The van der Waals surface area contributed by atoms with Crippen LogP contribution >= 0.6 is 0 Å². The molecule has 2 aromatic heterocycles. The van der Waals surface area contributed by atoms with Gasteiger partial charge in [0.25, 0.3) is 0 Å². The standard InChI is InChI=1S/C17H12N2O/c20-17(15-5-3-9-18-12-15)8-7-13-10-14-4-1-2-6-16(14)19-11-13/h1-12H. The van der Waals surface area contributed by atoms with Crippen molar-refractivity contribution in [3.8, 4) is 0 Å². The molecular formula is C17H12N2O. The molecule has 0 amide bonds. The van der Waals surface area contributed by atoms with Gasteiger partial charge in [-0.05, 0) is 42.0 Å². The first-order valence-corrected chi connectivity index (χ1v) is 6.30. The van der Waals surface area contributed by atoms with E-state index in [0.29, 0.717) is 5.56 Å². The number of pyridine rings is 2. The van der Waals surface area contributed by atoms with Crippen LogP contribution in [-0.2, 0) is 0 Å². The molecule has 3 heteroatoms. The molecule has 0 aliphatic heterocycles. The van der Waals surface area contributed by atoms with Crippen molar-refractivity contribution in [1.29, 1.82) is 0 Å². The molecule has 0 spiro atoms. The maximum absolute atomic E-state index is 11.9. The molecule has 20 heavy (non-hydrogen) atoms. The highest BCUT2D eigenvalue weighted by atomic mass is 16.1. The van der Waals surface area contributed by atoms with Crippen LogP contribution in [0.3, 0.4) is 0 Å².